The lowest BCUT2D eigenvalue weighted by atomic mass is 10.1. The largest absolute Gasteiger partial charge is 0.341 e. The van der Waals surface area contributed by atoms with Crippen LogP contribution in [-0.2, 0) is 19.6 Å². The Hall–Kier alpha value is -3.19. The van der Waals surface area contributed by atoms with E-state index in [0.29, 0.717) is 29.7 Å². The smallest absolute Gasteiger partial charge is 0.121 e. The number of aromatic amines is 1. The van der Waals surface area contributed by atoms with Gasteiger partial charge in [-0.2, -0.15) is 15.0 Å². The summed E-state index contributed by atoms with van der Waals surface area (Å²) in [5.41, 5.74) is 5.45. The van der Waals surface area contributed by atoms with E-state index in [-0.39, 0.29) is 0 Å². The molecular weight excluding hydrogens is 443 g/mol. The molecular formula is C24H20Cl2N6. The van der Waals surface area contributed by atoms with Crippen LogP contribution in [0, 0.1) is 0 Å². The van der Waals surface area contributed by atoms with Gasteiger partial charge in [0.25, 0.3) is 0 Å². The highest BCUT2D eigenvalue weighted by Crippen LogP contribution is 2.26. The van der Waals surface area contributed by atoms with Crippen LogP contribution in [0.1, 0.15) is 17.1 Å². The number of hydrogen-bond donors (Lipinski definition) is 2. The molecule has 0 aliphatic rings. The molecule has 8 heteroatoms. The second-order valence-corrected chi connectivity index (χ2v) is 8.21. The first-order chi connectivity index (χ1) is 15.7. The van der Waals surface area contributed by atoms with E-state index in [2.05, 4.69) is 15.3 Å². The van der Waals surface area contributed by atoms with Gasteiger partial charge in [-0.05, 0) is 24.3 Å². The minimum atomic E-state index is 0.391. The lowest BCUT2D eigenvalue weighted by Crippen LogP contribution is -2.15. The molecule has 0 spiro atoms. The molecule has 0 saturated carbocycles. The summed E-state index contributed by atoms with van der Waals surface area (Å²) >= 11 is 12.7. The van der Waals surface area contributed by atoms with E-state index >= 15 is 0 Å². The Morgan fingerprint density at radius 1 is 0.812 bits per heavy atom. The monoisotopic (exact) mass is 462 g/mol. The summed E-state index contributed by atoms with van der Waals surface area (Å²) in [6.45, 7) is 1.52. The van der Waals surface area contributed by atoms with E-state index < -0.39 is 0 Å². The number of benzene rings is 3. The van der Waals surface area contributed by atoms with Gasteiger partial charge in [0.1, 0.15) is 17.2 Å². The summed E-state index contributed by atoms with van der Waals surface area (Å²) < 4.78 is 0. The molecule has 0 radical (unpaired) electrons. The van der Waals surface area contributed by atoms with Gasteiger partial charge in [-0.3, -0.25) is 0 Å². The van der Waals surface area contributed by atoms with Gasteiger partial charge in [-0.25, -0.2) is 4.98 Å². The SMILES string of the molecule is Clc1cccc(Cl)c1Cn1nc(CNCc2nc3ccccc3[nH]2)c(-c2ccccc2)n1. The number of nitrogens with one attached hydrogen (secondary N) is 2. The molecule has 2 aromatic heterocycles. The van der Waals surface area contributed by atoms with Crippen LogP contribution in [-0.4, -0.2) is 25.0 Å². The summed E-state index contributed by atoms with van der Waals surface area (Å²) in [5, 5.41) is 14.1. The molecule has 2 N–H and O–H groups in total. The molecule has 0 amide bonds. The maximum Gasteiger partial charge on any atom is 0.121 e. The van der Waals surface area contributed by atoms with Crippen molar-refractivity contribution in [3.8, 4) is 11.3 Å². The summed E-state index contributed by atoms with van der Waals surface area (Å²) in [4.78, 5) is 9.60. The van der Waals surface area contributed by atoms with E-state index in [1.54, 1.807) is 4.80 Å². The first-order valence-electron chi connectivity index (χ1n) is 10.2. The zero-order chi connectivity index (χ0) is 21.9. The molecule has 32 heavy (non-hydrogen) atoms. The van der Waals surface area contributed by atoms with Crippen molar-refractivity contribution < 1.29 is 0 Å². The van der Waals surface area contributed by atoms with Crippen molar-refractivity contribution in [3.63, 3.8) is 0 Å². The molecule has 0 bridgehead atoms. The van der Waals surface area contributed by atoms with Crippen LogP contribution in [0.5, 0.6) is 0 Å². The van der Waals surface area contributed by atoms with Crippen LogP contribution < -0.4 is 5.32 Å². The average molecular weight is 463 g/mol. The minimum absolute atomic E-state index is 0.391. The normalized spacial score (nSPS) is 11.3. The number of aromatic nitrogens is 5. The molecule has 0 saturated heterocycles. The average Bonchev–Trinajstić information content (AvgIpc) is 3.40. The Morgan fingerprint density at radius 3 is 2.34 bits per heavy atom. The lowest BCUT2D eigenvalue weighted by Gasteiger charge is -2.05. The molecule has 0 unspecified atom stereocenters. The number of nitrogens with zero attached hydrogens (tertiary/aromatic N) is 4. The van der Waals surface area contributed by atoms with Crippen molar-refractivity contribution in [2.75, 3.05) is 0 Å². The summed E-state index contributed by atoms with van der Waals surface area (Å²) in [6, 6.07) is 23.5. The van der Waals surface area contributed by atoms with Crippen molar-refractivity contribution >= 4 is 34.2 Å². The fourth-order valence-corrected chi connectivity index (χ4v) is 4.12. The standard InChI is InChI=1S/C24H20Cl2N6/c25-18-9-6-10-19(26)17(18)15-32-30-22(24(31-32)16-7-2-1-3-8-16)13-27-14-23-28-20-11-4-5-12-21(20)29-23/h1-12,27H,13-15H2,(H,28,29). The number of hydrogen-bond acceptors (Lipinski definition) is 4. The fraction of sp³-hybridized carbons (Fsp3) is 0.125. The van der Waals surface area contributed by atoms with Crippen molar-refractivity contribution in [2.45, 2.75) is 19.6 Å². The maximum atomic E-state index is 6.35. The first kappa shape index (κ1) is 20.7. The zero-order valence-corrected chi connectivity index (χ0v) is 18.6. The van der Waals surface area contributed by atoms with Crippen molar-refractivity contribution in [3.05, 3.63) is 99.9 Å². The molecule has 5 rings (SSSR count). The van der Waals surface area contributed by atoms with Crippen LogP contribution in [0.3, 0.4) is 0 Å². The maximum absolute atomic E-state index is 6.35. The number of H-pyrrole nitrogens is 1. The van der Waals surface area contributed by atoms with Gasteiger partial charge in [-0.1, -0.05) is 71.7 Å². The predicted molar refractivity (Wildman–Crippen MR) is 128 cm³/mol. The first-order valence-corrected chi connectivity index (χ1v) is 11.0. The van der Waals surface area contributed by atoms with Crippen LogP contribution in [0.2, 0.25) is 10.0 Å². The Kier molecular flexibility index (Phi) is 5.90. The molecule has 6 nitrogen and oxygen atoms in total. The summed E-state index contributed by atoms with van der Waals surface area (Å²) in [6.07, 6.45) is 0. The van der Waals surface area contributed by atoms with E-state index in [0.717, 1.165) is 39.4 Å². The Bertz CT molecular complexity index is 1310. The van der Waals surface area contributed by atoms with Gasteiger partial charge < -0.3 is 10.3 Å². The van der Waals surface area contributed by atoms with Crippen LogP contribution in [0.25, 0.3) is 22.3 Å². The van der Waals surface area contributed by atoms with E-state index in [9.17, 15) is 0 Å². The van der Waals surface area contributed by atoms with Crippen molar-refractivity contribution in [2.24, 2.45) is 0 Å². The Balaban J connectivity index is 1.38. The van der Waals surface area contributed by atoms with Gasteiger partial charge in [0, 0.05) is 27.7 Å². The number of para-hydroxylation sites is 2. The third kappa shape index (κ3) is 4.39. The van der Waals surface area contributed by atoms with Gasteiger partial charge in [0.05, 0.1) is 24.1 Å². The third-order valence-corrected chi connectivity index (χ3v) is 5.86. The number of rotatable bonds is 7. The fourth-order valence-electron chi connectivity index (χ4n) is 3.61. The molecule has 160 valence electrons. The van der Waals surface area contributed by atoms with Crippen molar-refractivity contribution in [1.29, 1.82) is 0 Å². The van der Waals surface area contributed by atoms with Crippen LogP contribution in [0.4, 0.5) is 0 Å². The highest BCUT2D eigenvalue weighted by atomic mass is 35.5. The predicted octanol–water partition coefficient (Wildman–Crippen LogP) is 5.47. The van der Waals surface area contributed by atoms with E-state index in [4.69, 9.17) is 33.4 Å². The minimum Gasteiger partial charge on any atom is -0.341 e. The quantitative estimate of drug-likeness (QED) is 0.336. The number of imidazole rings is 1. The second-order valence-electron chi connectivity index (χ2n) is 7.40. The molecule has 3 aromatic carbocycles. The van der Waals surface area contributed by atoms with Gasteiger partial charge in [0.15, 0.2) is 0 Å². The van der Waals surface area contributed by atoms with Crippen molar-refractivity contribution in [1.82, 2.24) is 30.3 Å². The van der Waals surface area contributed by atoms with Crippen LogP contribution in [0.15, 0.2) is 72.8 Å². The molecule has 2 heterocycles. The second kappa shape index (κ2) is 9.12. The topological polar surface area (TPSA) is 71.4 Å². The Morgan fingerprint density at radius 2 is 1.56 bits per heavy atom. The molecule has 5 aromatic rings. The summed E-state index contributed by atoms with van der Waals surface area (Å²) in [5.74, 6) is 0.878. The molecule has 0 aliphatic heterocycles. The lowest BCUT2D eigenvalue weighted by molar-refractivity contribution is 0.575. The van der Waals surface area contributed by atoms with Crippen LogP contribution >= 0.6 is 23.2 Å². The van der Waals surface area contributed by atoms with Gasteiger partial charge in [-0.15, -0.1) is 0 Å². The highest BCUT2D eigenvalue weighted by Gasteiger charge is 2.15. The molecule has 0 fully saturated rings. The Labute approximate surface area is 195 Å². The van der Waals surface area contributed by atoms with Gasteiger partial charge >= 0.3 is 0 Å². The van der Waals surface area contributed by atoms with E-state index in [1.165, 1.54) is 0 Å². The zero-order valence-electron chi connectivity index (χ0n) is 17.1. The van der Waals surface area contributed by atoms with E-state index in [1.807, 2.05) is 72.8 Å². The molecule has 0 aliphatic carbocycles. The number of halogens is 2. The number of fused-ring (bicyclic) bond motifs is 1. The summed E-state index contributed by atoms with van der Waals surface area (Å²) in [7, 11) is 0. The third-order valence-electron chi connectivity index (χ3n) is 5.16. The van der Waals surface area contributed by atoms with Gasteiger partial charge in [0.2, 0.25) is 0 Å². The molecule has 0 atom stereocenters. The highest BCUT2D eigenvalue weighted by molar-refractivity contribution is 6.35.